The number of nitrogens with zero attached hydrogens (tertiary/aromatic N) is 2. The first-order valence-electron chi connectivity index (χ1n) is 8.84. The fraction of sp³-hybridized carbons (Fsp3) is 0.389. The van der Waals surface area contributed by atoms with Gasteiger partial charge in [-0.2, -0.15) is 16.1 Å². The zero-order chi connectivity index (χ0) is 21.9. The van der Waals surface area contributed by atoms with Crippen molar-refractivity contribution in [2.75, 3.05) is 31.6 Å². The molecule has 6 nitrogen and oxygen atoms in total. The molecule has 1 saturated heterocycles. The minimum Gasteiger partial charge on any atom is -0.405 e. The van der Waals surface area contributed by atoms with Crippen LogP contribution in [0.5, 0.6) is 5.75 Å². The van der Waals surface area contributed by atoms with Crippen molar-refractivity contribution in [3.8, 4) is 5.75 Å². The van der Waals surface area contributed by atoms with Crippen LogP contribution < -0.4 is 4.74 Å². The topological polar surface area (TPSA) is 66.9 Å². The summed E-state index contributed by atoms with van der Waals surface area (Å²) in [6.45, 7) is 0.561. The molecule has 1 aliphatic heterocycles. The molecule has 0 bridgehead atoms. The fourth-order valence-corrected chi connectivity index (χ4v) is 6.91. The Bertz CT molecular complexity index is 1000. The van der Waals surface area contributed by atoms with E-state index >= 15 is 0 Å². The molecule has 0 radical (unpaired) electrons. The summed E-state index contributed by atoms with van der Waals surface area (Å²) < 4.78 is 69.2. The van der Waals surface area contributed by atoms with E-state index in [1.165, 1.54) is 45.9 Å². The normalized spacial score (nSPS) is 15.7. The summed E-state index contributed by atoms with van der Waals surface area (Å²) in [5.41, 5.74) is 0.152. The SMILES string of the molecule is CN(Cc1ccccc1OC(F)(F)F)C(=O)c1sccc1S(=O)(=O)N1CCSCC1. The summed E-state index contributed by atoms with van der Waals surface area (Å²) in [5, 5.41) is 1.52. The Kier molecular flexibility index (Phi) is 7.00. The molecule has 1 fully saturated rings. The smallest absolute Gasteiger partial charge is 0.405 e. The number of rotatable bonds is 6. The molecule has 0 atom stereocenters. The van der Waals surface area contributed by atoms with Crippen molar-refractivity contribution in [1.29, 1.82) is 0 Å². The van der Waals surface area contributed by atoms with Crippen molar-refractivity contribution in [3.05, 3.63) is 46.2 Å². The average molecular weight is 481 g/mol. The Hall–Kier alpha value is -1.76. The van der Waals surface area contributed by atoms with E-state index in [1.54, 1.807) is 11.8 Å². The lowest BCUT2D eigenvalue weighted by Gasteiger charge is -2.26. The molecule has 0 unspecified atom stereocenters. The third-order valence-corrected chi connectivity index (χ3v) is 8.28. The van der Waals surface area contributed by atoms with Gasteiger partial charge in [-0.05, 0) is 17.5 Å². The van der Waals surface area contributed by atoms with Crippen molar-refractivity contribution in [2.24, 2.45) is 0 Å². The maximum absolute atomic E-state index is 13.0. The van der Waals surface area contributed by atoms with Crippen LogP contribution >= 0.6 is 23.1 Å². The van der Waals surface area contributed by atoms with Crippen LogP contribution in [0.1, 0.15) is 15.2 Å². The van der Waals surface area contributed by atoms with Crippen LogP contribution in [0.2, 0.25) is 0 Å². The summed E-state index contributed by atoms with van der Waals surface area (Å²) in [4.78, 5) is 14.1. The molecular formula is C18H19F3N2O4S3. The minimum absolute atomic E-state index is 0.0324. The number of thiophene rings is 1. The van der Waals surface area contributed by atoms with Gasteiger partial charge in [0.2, 0.25) is 10.0 Å². The number of thioether (sulfide) groups is 1. The molecule has 1 aliphatic rings. The van der Waals surface area contributed by atoms with E-state index < -0.39 is 28.0 Å². The van der Waals surface area contributed by atoms with E-state index in [0.29, 0.717) is 24.6 Å². The molecule has 164 valence electrons. The Morgan fingerprint density at radius 1 is 1.20 bits per heavy atom. The van der Waals surface area contributed by atoms with E-state index in [-0.39, 0.29) is 21.9 Å². The van der Waals surface area contributed by atoms with Gasteiger partial charge in [-0.3, -0.25) is 4.79 Å². The molecule has 1 aromatic carbocycles. The van der Waals surface area contributed by atoms with Crippen molar-refractivity contribution in [3.63, 3.8) is 0 Å². The molecule has 0 aliphatic carbocycles. The quantitative estimate of drug-likeness (QED) is 0.632. The Morgan fingerprint density at radius 2 is 1.87 bits per heavy atom. The predicted octanol–water partition coefficient (Wildman–Crippen LogP) is 3.66. The molecule has 2 aromatic rings. The number of hydrogen-bond donors (Lipinski definition) is 0. The largest absolute Gasteiger partial charge is 0.573 e. The van der Waals surface area contributed by atoms with E-state index in [0.717, 1.165) is 17.4 Å². The highest BCUT2D eigenvalue weighted by Crippen LogP contribution is 2.30. The monoisotopic (exact) mass is 480 g/mol. The standard InChI is InChI=1S/C18H19F3N2O4S3/c1-22(12-13-4-2-3-5-14(13)27-18(19,20)21)17(24)16-15(6-9-29-16)30(25,26)23-7-10-28-11-8-23/h2-6,9H,7-8,10-12H2,1H3. The molecule has 3 rings (SSSR count). The molecule has 0 N–H and O–H groups in total. The summed E-state index contributed by atoms with van der Waals surface area (Å²) in [7, 11) is -2.42. The first-order chi connectivity index (χ1) is 14.1. The third-order valence-electron chi connectivity index (χ3n) is 4.36. The lowest BCUT2D eigenvalue weighted by atomic mass is 10.2. The number of carbonyl (C=O) groups excluding carboxylic acids is 1. The summed E-state index contributed by atoms with van der Waals surface area (Å²) >= 11 is 2.65. The van der Waals surface area contributed by atoms with Crippen molar-refractivity contribution in [1.82, 2.24) is 9.21 Å². The van der Waals surface area contributed by atoms with Gasteiger partial charge in [-0.25, -0.2) is 8.42 Å². The van der Waals surface area contributed by atoms with E-state index in [4.69, 9.17) is 0 Å². The van der Waals surface area contributed by atoms with E-state index in [1.807, 2.05) is 0 Å². The van der Waals surface area contributed by atoms with Gasteiger partial charge in [-0.15, -0.1) is 24.5 Å². The highest BCUT2D eigenvalue weighted by atomic mass is 32.2. The molecule has 0 saturated carbocycles. The number of benzene rings is 1. The van der Waals surface area contributed by atoms with Gasteiger partial charge >= 0.3 is 6.36 Å². The highest BCUT2D eigenvalue weighted by molar-refractivity contribution is 7.99. The molecule has 0 spiro atoms. The van der Waals surface area contributed by atoms with Crippen molar-refractivity contribution < 1.29 is 31.1 Å². The lowest BCUT2D eigenvalue weighted by molar-refractivity contribution is -0.275. The Labute approximate surface area is 180 Å². The lowest BCUT2D eigenvalue weighted by Crippen LogP contribution is -2.38. The van der Waals surface area contributed by atoms with Gasteiger partial charge in [-0.1, -0.05) is 18.2 Å². The zero-order valence-electron chi connectivity index (χ0n) is 15.9. The van der Waals surface area contributed by atoms with Crippen LogP contribution in [0, 0.1) is 0 Å². The highest BCUT2D eigenvalue weighted by Gasteiger charge is 2.34. The van der Waals surface area contributed by atoms with Crippen LogP contribution in [-0.2, 0) is 16.6 Å². The van der Waals surface area contributed by atoms with Crippen molar-refractivity contribution >= 4 is 39.0 Å². The first kappa shape index (κ1) is 22.9. The number of carbonyl (C=O) groups is 1. The Morgan fingerprint density at radius 3 is 2.53 bits per heavy atom. The second-order valence-corrected chi connectivity index (χ2v) is 10.5. The molecule has 1 amide bonds. The third kappa shape index (κ3) is 5.29. The molecule has 1 aromatic heterocycles. The van der Waals surface area contributed by atoms with Crippen LogP contribution in [0.3, 0.4) is 0 Å². The Balaban J connectivity index is 1.81. The summed E-state index contributed by atoms with van der Waals surface area (Å²) in [6, 6.07) is 6.90. The van der Waals surface area contributed by atoms with E-state index in [2.05, 4.69) is 4.74 Å². The summed E-state index contributed by atoms with van der Waals surface area (Å²) in [5.74, 6) is 0.372. The molecule has 2 heterocycles. The second kappa shape index (κ2) is 9.16. The molecule has 30 heavy (non-hydrogen) atoms. The number of halogens is 3. The number of sulfonamides is 1. The number of alkyl halides is 3. The van der Waals surface area contributed by atoms with Gasteiger partial charge in [0.15, 0.2) is 0 Å². The van der Waals surface area contributed by atoms with E-state index in [9.17, 15) is 26.4 Å². The maximum Gasteiger partial charge on any atom is 0.573 e. The number of para-hydroxylation sites is 1. The van der Waals surface area contributed by atoms with Gasteiger partial charge < -0.3 is 9.64 Å². The van der Waals surface area contributed by atoms with Gasteiger partial charge in [0.25, 0.3) is 5.91 Å². The summed E-state index contributed by atoms with van der Waals surface area (Å²) in [6.07, 6.45) is -4.86. The van der Waals surface area contributed by atoms with Gasteiger partial charge in [0.1, 0.15) is 15.5 Å². The number of ether oxygens (including phenoxy) is 1. The average Bonchev–Trinajstić information content (AvgIpc) is 3.19. The fourth-order valence-electron chi connectivity index (χ4n) is 2.94. The second-order valence-electron chi connectivity index (χ2n) is 6.45. The zero-order valence-corrected chi connectivity index (χ0v) is 18.3. The number of amides is 1. The molecule has 12 heteroatoms. The van der Waals surface area contributed by atoms with Crippen LogP contribution in [0.4, 0.5) is 13.2 Å². The van der Waals surface area contributed by atoms with Crippen LogP contribution in [0.25, 0.3) is 0 Å². The van der Waals surface area contributed by atoms with Crippen LogP contribution in [0.15, 0.2) is 40.6 Å². The molecular weight excluding hydrogens is 461 g/mol. The van der Waals surface area contributed by atoms with Crippen LogP contribution in [-0.4, -0.2) is 61.5 Å². The van der Waals surface area contributed by atoms with Gasteiger partial charge in [0.05, 0.1) is 0 Å². The maximum atomic E-state index is 13.0. The van der Waals surface area contributed by atoms with Gasteiger partial charge in [0, 0.05) is 43.8 Å². The van der Waals surface area contributed by atoms with Crippen molar-refractivity contribution in [2.45, 2.75) is 17.8 Å². The minimum atomic E-state index is -4.86. The first-order valence-corrected chi connectivity index (χ1v) is 12.3. The number of hydrogen-bond acceptors (Lipinski definition) is 6. The predicted molar refractivity (Wildman–Crippen MR) is 109 cm³/mol.